The van der Waals surface area contributed by atoms with E-state index in [1.165, 1.54) is 0 Å². The summed E-state index contributed by atoms with van der Waals surface area (Å²) in [5.74, 6) is 0. The Morgan fingerprint density at radius 3 is 2.64 bits per heavy atom. The number of carbonyl (C=O) groups excluding carboxylic acids is 1. The van der Waals surface area contributed by atoms with Crippen molar-refractivity contribution in [3.8, 4) is 0 Å². The Balaban J connectivity index is 1.68. The molecular weight excluding hydrogens is 278 g/mol. The molecule has 1 amide bonds. The fraction of sp³-hybridized carbons (Fsp3) is 0.611. The first-order chi connectivity index (χ1) is 10.6. The standard InChI is InChI=1S/C18H27NO3/c1-2-3-11-18(21)12-9-16(10-13-18)19-17(20)22-14-15-7-5-4-6-8-15/h4-8,16,21H,2-3,9-14H2,1H3,(H,19,20). The van der Waals surface area contributed by atoms with Gasteiger partial charge in [-0.25, -0.2) is 4.79 Å². The number of hydrogen-bond acceptors (Lipinski definition) is 3. The number of amides is 1. The van der Waals surface area contributed by atoms with Crippen LogP contribution in [0.4, 0.5) is 4.79 Å². The van der Waals surface area contributed by atoms with Crippen LogP contribution in [0.25, 0.3) is 0 Å². The van der Waals surface area contributed by atoms with Crippen molar-refractivity contribution >= 4 is 6.09 Å². The molecule has 0 spiro atoms. The van der Waals surface area contributed by atoms with Crippen LogP contribution in [0, 0.1) is 0 Å². The molecule has 1 aliphatic rings. The maximum absolute atomic E-state index is 11.8. The summed E-state index contributed by atoms with van der Waals surface area (Å²) in [6.45, 7) is 2.43. The molecule has 2 rings (SSSR count). The van der Waals surface area contributed by atoms with Crippen LogP contribution in [0.3, 0.4) is 0 Å². The Hall–Kier alpha value is -1.55. The first-order valence-corrected chi connectivity index (χ1v) is 8.31. The van der Waals surface area contributed by atoms with Gasteiger partial charge in [0.15, 0.2) is 0 Å². The van der Waals surface area contributed by atoms with Gasteiger partial charge in [0.2, 0.25) is 0 Å². The summed E-state index contributed by atoms with van der Waals surface area (Å²) in [6, 6.07) is 9.77. The van der Waals surface area contributed by atoms with Gasteiger partial charge in [-0.05, 0) is 37.7 Å². The maximum atomic E-state index is 11.8. The summed E-state index contributed by atoms with van der Waals surface area (Å²) < 4.78 is 5.24. The molecule has 122 valence electrons. The quantitative estimate of drug-likeness (QED) is 0.841. The van der Waals surface area contributed by atoms with Gasteiger partial charge in [0.05, 0.1) is 5.60 Å². The highest BCUT2D eigenvalue weighted by atomic mass is 16.5. The summed E-state index contributed by atoms with van der Waals surface area (Å²) >= 11 is 0. The van der Waals surface area contributed by atoms with Crippen molar-refractivity contribution in [1.29, 1.82) is 0 Å². The average molecular weight is 305 g/mol. The number of aliphatic hydroxyl groups is 1. The van der Waals surface area contributed by atoms with Crippen molar-refractivity contribution in [2.75, 3.05) is 0 Å². The molecule has 0 radical (unpaired) electrons. The van der Waals surface area contributed by atoms with Crippen molar-refractivity contribution in [2.45, 2.75) is 70.1 Å². The van der Waals surface area contributed by atoms with E-state index in [-0.39, 0.29) is 12.1 Å². The monoisotopic (exact) mass is 305 g/mol. The lowest BCUT2D eigenvalue weighted by Crippen LogP contribution is -2.43. The maximum Gasteiger partial charge on any atom is 0.407 e. The molecule has 1 fully saturated rings. The fourth-order valence-corrected chi connectivity index (χ4v) is 2.99. The van der Waals surface area contributed by atoms with Crippen LogP contribution in [0.5, 0.6) is 0 Å². The molecule has 0 heterocycles. The lowest BCUT2D eigenvalue weighted by atomic mass is 9.79. The van der Waals surface area contributed by atoms with Crippen LogP contribution in [-0.2, 0) is 11.3 Å². The van der Waals surface area contributed by atoms with Crippen molar-refractivity contribution in [1.82, 2.24) is 5.32 Å². The molecule has 0 bridgehead atoms. The van der Waals surface area contributed by atoms with Crippen LogP contribution in [0.2, 0.25) is 0 Å². The minimum atomic E-state index is -0.526. The zero-order valence-corrected chi connectivity index (χ0v) is 13.4. The SMILES string of the molecule is CCCCC1(O)CCC(NC(=O)OCc2ccccc2)CC1. The van der Waals surface area contributed by atoms with Crippen LogP contribution in [0.15, 0.2) is 30.3 Å². The molecule has 1 aliphatic carbocycles. The van der Waals surface area contributed by atoms with Crippen molar-refractivity contribution < 1.29 is 14.6 Å². The predicted octanol–water partition coefficient (Wildman–Crippen LogP) is 3.78. The minimum Gasteiger partial charge on any atom is -0.445 e. The molecule has 1 saturated carbocycles. The smallest absolute Gasteiger partial charge is 0.407 e. The van der Waals surface area contributed by atoms with Gasteiger partial charge in [0, 0.05) is 6.04 Å². The van der Waals surface area contributed by atoms with Crippen LogP contribution < -0.4 is 5.32 Å². The van der Waals surface area contributed by atoms with Gasteiger partial charge < -0.3 is 15.2 Å². The molecule has 2 N–H and O–H groups in total. The summed E-state index contributed by atoms with van der Waals surface area (Å²) in [4.78, 5) is 11.8. The van der Waals surface area contributed by atoms with Crippen LogP contribution in [-0.4, -0.2) is 22.8 Å². The van der Waals surface area contributed by atoms with E-state index in [0.717, 1.165) is 50.5 Å². The van der Waals surface area contributed by atoms with Gasteiger partial charge in [0.25, 0.3) is 0 Å². The predicted molar refractivity (Wildman–Crippen MR) is 86.5 cm³/mol. The summed E-state index contributed by atoms with van der Waals surface area (Å²) in [6.07, 6.45) is 5.83. The molecule has 0 aromatic heterocycles. The third-order valence-electron chi connectivity index (χ3n) is 4.45. The lowest BCUT2D eigenvalue weighted by molar-refractivity contribution is -0.0128. The molecule has 0 saturated heterocycles. The number of carbonyl (C=O) groups is 1. The normalized spacial score (nSPS) is 24.7. The third kappa shape index (κ3) is 5.34. The van der Waals surface area contributed by atoms with Gasteiger partial charge in [-0.2, -0.15) is 0 Å². The van der Waals surface area contributed by atoms with E-state index in [9.17, 15) is 9.90 Å². The van der Waals surface area contributed by atoms with Gasteiger partial charge in [0.1, 0.15) is 6.61 Å². The molecule has 4 heteroatoms. The number of hydrogen-bond donors (Lipinski definition) is 2. The molecule has 0 atom stereocenters. The van der Waals surface area contributed by atoms with Gasteiger partial charge in [-0.3, -0.25) is 0 Å². The molecular formula is C18H27NO3. The number of rotatable bonds is 6. The lowest BCUT2D eigenvalue weighted by Gasteiger charge is -2.36. The van der Waals surface area contributed by atoms with Gasteiger partial charge in [-0.1, -0.05) is 50.1 Å². The van der Waals surface area contributed by atoms with E-state index >= 15 is 0 Å². The Labute approximate surface area is 132 Å². The molecule has 22 heavy (non-hydrogen) atoms. The highest BCUT2D eigenvalue weighted by molar-refractivity contribution is 5.67. The highest BCUT2D eigenvalue weighted by Crippen LogP contribution is 2.32. The second-order valence-electron chi connectivity index (χ2n) is 6.31. The van der Waals surface area contributed by atoms with Crippen molar-refractivity contribution in [2.24, 2.45) is 0 Å². The first-order valence-electron chi connectivity index (χ1n) is 8.31. The number of ether oxygens (including phenoxy) is 1. The number of alkyl carbamates (subject to hydrolysis) is 1. The molecule has 4 nitrogen and oxygen atoms in total. The highest BCUT2D eigenvalue weighted by Gasteiger charge is 2.33. The van der Waals surface area contributed by atoms with E-state index < -0.39 is 5.60 Å². The second-order valence-corrected chi connectivity index (χ2v) is 6.31. The topological polar surface area (TPSA) is 58.6 Å². The summed E-state index contributed by atoms with van der Waals surface area (Å²) in [5.41, 5.74) is 0.456. The molecule has 1 aromatic rings. The van der Waals surface area contributed by atoms with Crippen molar-refractivity contribution in [3.63, 3.8) is 0 Å². The number of unbranched alkanes of at least 4 members (excludes halogenated alkanes) is 1. The van der Waals surface area contributed by atoms with Gasteiger partial charge in [-0.15, -0.1) is 0 Å². The third-order valence-corrected chi connectivity index (χ3v) is 4.45. The number of benzene rings is 1. The van der Waals surface area contributed by atoms with E-state index in [2.05, 4.69) is 12.2 Å². The Morgan fingerprint density at radius 1 is 1.32 bits per heavy atom. The second kappa shape index (κ2) is 8.18. The number of nitrogens with one attached hydrogen (secondary N) is 1. The fourth-order valence-electron chi connectivity index (χ4n) is 2.99. The van der Waals surface area contributed by atoms with E-state index in [0.29, 0.717) is 6.61 Å². The summed E-state index contributed by atoms with van der Waals surface area (Å²) in [5, 5.41) is 13.4. The molecule has 0 aliphatic heterocycles. The van der Waals surface area contributed by atoms with E-state index in [1.807, 2.05) is 30.3 Å². The van der Waals surface area contributed by atoms with E-state index in [4.69, 9.17) is 4.74 Å². The Kier molecular flexibility index (Phi) is 6.25. The average Bonchev–Trinajstić information content (AvgIpc) is 2.55. The largest absolute Gasteiger partial charge is 0.445 e. The zero-order chi connectivity index (χ0) is 15.8. The molecule has 0 unspecified atom stereocenters. The Morgan fingerprint density at radius 2 is 2.00 bits per heavy atom. The zero-order valence-electron chi connectivity index (χ0n) is 13.4. The minimum absolute atomic E-state index is 0.116. The molecule has 1 aromatic carbocycles. The van der Waals surface area contributed by atoms with Crippen LogP contribution in [0.1, 0.15) is 57.4 Å². The van der Waals surface area contributed by atoms with Gasteiger partial charge >= 0.3 is 6.09 Å². The van der Waals surface area contributed by atoms with Crippen LogP contribution >= 0.6 is 0 Å². The van der Waals surface area contributed by atoms with E-state index in [1.54, 1.807) is 0 Å². The Bertz CT molecular complexity index is 453. The first kappa shape index (κ1) is 16.8. The van der Waals surface area contributed by atoms with Crippen molar-refractivity contribution in [3.05, 3.63) is 35.9 Å². The summed E-state index contributed by atoms with van der Waals surface area (Å²) in [7, 11) is 0.